The minimum atomic E-state index is -0.592. The number of nitrogens with one attached hydrogen (secondary N) is 1. The molecule has 5 heteroatoms. The molecule has 0 unspecified atom stereocenters. The van der Waals surface area contributed by atoms with Crippen LogP contribution in [0.3, 0.4) is 0 Å². The molecule has 98 valence electrons. The first-order chi connectivity index (χ1) is 8.65. The number of hydrogen-bond donors (Lipinski definition) is 2. The van der Waals surface area contributed by atoms with E-state index in [1.54, 1.807) is 0 Å². The summed E-state index contributed by atoms with van der Waals surface area (Å²) in [7, 11) is 0. The van der Waals surface area contributed by atoms with Gasteiger partial charge in [-0.3, -0.25) is 0 Å². The van der Waals surface area contributed by atoms with E-state index in [0.717, 1.165) is 12.6 Å². The van der Waals surface area contributed by atoms with Crippen LogP contribution in [0.1, 0.15) is 24.8 Å². The summed E-state index contributed by atoms with van der Waals surface area (Å²) in [6, 6.07) is 3.45. The van der Waals surface area contributed by atoms with Crippen molar-refractivity contribution in [3.05, 3.63) is 35.4 Å². The maximum atomic E-state index is 13.3. The highest BCUT2D eigenvalue weighted by molar-refractivity contribution is 5.77. The third-order valence-corrected chi connectivity index (χ3v) is 3.23. The molecule has 2 rings (SSSR count). The molecule has 0 bridgehead atoms. The summed E-state index contributed by atoms with van der Waals surface area (Å²) in [6.45, 7) is 0.941. The zero-order chi connectivity index (χ0) is 13.0. The Morgan fingerprint density at radius 3 is 2.78 bits per heavy atom. The van der Waals surface area contributed by atoms with Crippen molar-refractivity contribution in [3.63, 3.8) is 0 Å². The zero-order valence-corrected chi connectivity index (χ0v) is 10.1. The van der Waals surface area contributed by atoms with Gasteiger partial charge in [-0.2, -0.15) is 0 Å². The lowest BCUT2D eigenvalue weighted by Crippen LogP contribution is -2.37. The molecule has 1 aliphatic carbocycles. The molecule has 0 saturated heterocycles. The van der Waals surface area contributed by atoms with Crippen LogP contribution in [0.25, 0.3) is 0 Å². The van der Waals surface area contributed by atoms with E-state index in [9.17, 15) is 8.78 Å². The van der Waals surface area contributed by atoms with Crippen molar-refractivity contribution in [1.82, 2.24) is 5.32 Å². The molecule has 3 nitrogen and oxygen atoms in total. The molecule has 0 amide bonds. The van der Waals surface area contributed by atoms with E-state index >= 15 is 0 Å². The molecule has 1 aromatic rings. The van der Waals surface area contributed by atoms with Crippen molar-refractivity contribution in [2.24, 2.45) is 16.6 Å². The summed E-state index contributed by atoms with van der Waals surface area (Å²) >= 11 is 0. The van der Waals surface area contributed by atoms with Gasteiger partial charge in [0.2, 0.25) is 0 Å². The largest absolute Gasteiger partial charge is 0.370 e. The Morgan fingerprint density at radius 2 is 2.17 bits per heavy atom. The lowest BCUT2D eigenvalue weighted by Gasteiger charge is -2.25. The smallest absolute Gasteiger partial charge is 0.188 e. The van der Waals surface area contributed by atoms with Gasteiger partial charge in [0.1, 0.15) is 11.6 Å². The van der Waals surface area contributed by atoms with Crippen LogP contribution in [0.15, 0.2) is 23.2 Å². The average molecular weight is 253 g/mol. The van der Waals surface area contributed by atoms with E-state index in [1.165, 1.54) is 31.4 Å². The molecule has 1 aliphatic rings. The number of halogens is 2. The van der Waals surface area contributed by atoms with Crippen molar-refractivity contribution in [1.29, 1.82) is 0 Å². The second kappa shape index (κ2) is 5.80. The van der Waals surface area contributed by atoms with Gasteiger partial charge in [-0.25, -0.2) is 13.8 Å². The van der Waals surface area contributed by atoms with Crippen LogP contribution < -0.4 is 11.1 Å². The Hall–Kier alpha value is -1.65. The van der Waals surface area contributed by atoms with Crippen molar-refractivity contribution in [2.45, 2.75) is 25.8 Å². The lowest BCUT2D eigenvalue weighted by atomic mass is 9.85. The quantitative estimate of drug-likeness (QED) is 0.638. The van der Waals surface area contributed by atoms with Gasteiger partial charge >= 0.3 is 0 Å². The van der Waals surface area contributed by atoms with Crippen LogP contribution >= 0.6 is 0 Å². The molecule has 0 aromatic heterocycles. The Bertz CT molecular complexity index is 442. The molecule has 0 atom stereocenters. The number of benzene rings is 1. The maximum Gasteiger partial charge on any atom is 0.188 e. The van der Waals surface area contributed by atoms with Crippen LogP contribution in [0, 0.1) is 17.6 Å². The average Bonchev–Trinajstić information content (AvgIpc) is 2.25. The number of guanidine groups is 1. The highest BCUT2D eigenvalue weighted by atomic mass is 19.1. The highest BCUT2D eigenvalue weighted by Gasteiger charge is 2.16. The Balaban J connectivity index is 1.84. The van der Waals surface area contributed by atoms with Crippen LogP contribution in [0.5, 0.6) is 0 Å². The van der Waals surface area contributed by atoms with Gasteiger partial charge in [0.25, 0.3) is 0 Å². The molecule has 0 aliphatic heterocycles. The van der Waals surface area contributed by atoms with Gasteiger partial charge in [-0.1, -0.05) is 12.5 Å². The fourth-order valence-corrected chi connectivity index (χ4v) is 1.82. The van der Waals surface area contributed by atoms with Crippen molar-refractivity contribution < 1.29 is 8.78 Å². The summed E-state index contributed by atoms with van der Waals surface area (Å²) in [5.74, 6) is -0.186. The molecule has 1 fully saturated rings. The summed E-state index contributed by atoms with van der Waals surface area (Å²) in [5.41, 5.74) is 6.01. The van der Waals surface area contributed by atoms with Crippen molar-refractivity contribution in [3.8, 4) is 0 Å². The summed E-state index contributed by atoms with van der Waals surface area (Å²) in [5, 5.41) is 3.02. The standard InChI is InChI=1S/C13H17F2N3/c14-11-5-4-10(12(15)6-11)8-18-13(16)17-7-9-2-1-3-9/h4-6,9H,1-3,7-8H2,(H3,16,17,18). The fourth-order valence-electron chi connectivity index (χ4n) is 1.82. The molecule has 0 heterocycles. The number of nitrogens with two attached hydrogens (primary N) is 1. The van der Waals surface area contributed by atoms with E-state index in [1.807, 2.05) is 0 Å². The summed E-state index contributed by atoms with van der Waals surface area (Å²) in [6.07, 6.45) is 3.74. The normalized spacial score (nSPS) is 16.4. The molecule has 18 heavy (non-hydrogen) atoms. The highest BCUT2D eigenvalue weighted by Crippen LogP contribution is 2.24. The minimum absolute atomic E-state index is 0.121. The first-order valence-electron chi connectivity index (χ1n) is 6.13. The molecule has 0 radical (unpaired) electrons. The van der Waals surface area contributed by atoms with Gasteiger partial charge in [0, 0.05) is 18.2 Å². The first kappa shape index (κ1) is 12.8. The topological polar surface area (TPSA) is 50.4 Å². The summed E-state index contributed by atoms with van der Waals surface area (Å²) < 4.78 is 26.0. The van der Waals surface area contributed by atoms with Crippen molar-refractivity contribution >= 4 is 5.96 Å². The van der Waals surface area contributed by atoms with Crippen LogP contribution in [0.4, 0.5) is 8.78 Å². The predicted octanol–water partition coefficient (Wildman–Crippen LogP) is 2.17. The van der Waals surface area contributed by atoms with E-state index in [0.29, 0.717) is 17.4 Å². The van der Waals surface area contributed by atoms with Gasteiger partial charge in [0.15, 0.2) is 5.96 Å². The number of nitrogens with zero attached hydrogens (tertiary/aromatic N) is 1. The molecule has 1 saturated carbocycles. The van der Waals surface area contributed by atoms with Gasteiger partial charge in [-0.15, -0.1) is 0 Å². The van der Waals surface area contributed by atoms with E-state index < -0.39 is 11.6 Å². The second-order valence-electron chi connectivity index (χ2n) is 4.62. The second-order valence-corrected chi connectivity index (χ2v) is 4.62. The molecule has 1 aromatic carbocycles. The van der Waals surface area contributed by atoms with Gasteiger partial charge in [0.05, 0.1) is 6.54 Å². The van der Waals surface area contributed by atoms with Gasteiger partial charge < -0.3 is 11.1 Å². The minimum Gasteiger partial charge on any atom is -0.370 e. The number of aliphatic imine (C=N–C) groups is 1. The third-order valence-electron chi connectivity index (χ3n) is 3.23. The monoisotopic (exact) mass is 253 g/mol. The first-order valence-corrected chi connectivity index (χ1v) is 6.13. The summed E-state index contributed by atoms with van der Waals surface area (Å²) in [4.78, 5) is 4.04. The van der Waals surface area contributed by atoms with Crippen LogP contribution in [-0.4, -0.2) is 12.5 Å². The molecule has 0 spiro atoms. The lowest BCUT2D eigenvalue weighted by molar-refractivity contribution is 0.315. The molecular formula is C13H17F2N3. The fraction of sp³-hybridized carbons (Fsp3) is 0.462. The SMILES string of the molecule is NC(=NCc1ccc(F)cc1F)NCC1CCC1. The molecular weight excluding hydrogens is 236 g/mol. The Morgan fingerprint density at radius 1 is 1.39 bits per heavy atom. The number of rotatable bonds is 4. The zero-order valence-electron chi connectivity index (χ0n) is 10.1. The third kappa shape index (κ3) is 3.42. The Labute approximate surface area is 105 Å². The van der Waals surface area contributed by atoms with Crippen molar-refractivity contribution in [2.75, 3.05) is 6.54 Å². The van der Waals surface area contributed by atoms with Crippen LogP contribution in [0.2, 0.25) is 0 Å². The van der Waals surface area contributed by atoms with E-state index in [-0.39, 0.29) is 6.54 Å². The van der Waals surface area contributed by atoms with Gasteiger partial charge in [-0.05, 0) is 24.8 Å². The van der Waals surface area contributed by atoms with E-state index in [2.05, 4.69) is 10.3 Å². The Kier molecular flexibility index (Phi) is 4.12. The van der Waals surface area contributed by atoms with E-state index in [4.69, 9.17) is 5.73 Å². The number of hydrogen-bond acceptors (Lipinski definition) is 1. The maximum absolute atomic E-state index is 13.3. The predicted molar refractivity (Wildman–Crippen MR) is 67.0 cm³/mol. The van der Waals surface area contributed by atoms with Crippen LogP contribution in [-0.2, 0) is 6.54 Å². The molecule has 3 N–H and O–H groups in total.